The summed E-state index contributed by atoms with van der Waals surface area (Å²) in [7, 11) is 5.96. The van der Waals surface area contributed by atoms with E-state index in [0.29, 0.717) is 17.4 Å². The van der Waals surface area contributed by atoms with Crippen LogP contribution in [-0.2, 0) is 33.3 Å². The maximum absolute atomic E-state index is 13.0. The van der Waals surface area contributed by atoms with Crippen LogP contribution in [-0.4, -0.2) is 82.3 Å². The third kappa shape index (κ3) is 77.0. The molecule has 0 aromatic rings. The lowest BCUT2D eigenvalue weighted by Crippen LogP contribution is -2.44. The highest BCUT2D eigenvalue weighted by Crippen LogP contribution is 2.21. The number of hydrogen-bond donors (Lipinski definition) is 0. The van der Waals surface area contributed by atoms with Crippen molar-refractivity contribution >= 4 is 17.9 Å². The molecule has 0 aliphatic heterocycles. The van der Waals surface area contributed by atoms with Crippen molar-refractivity contribution in [2.45, 2.75) is 450 Å². The number of carbonyl (C=O) groups is 3. The lowest BCUT2D eigenvalue weighted by molar-refractivity contribution is -0.870. The van der Waals surface area contributed by atoms with Crippen LogP contribution in [0.1, 0.15) is 438 Å². The Morgan fingerprint density at radius 2 is 0.581 bits per heavy atom. The molecule has 0 amide bonds. The SMILES string of the molecule is CCCCCCC/C=C\C/C=C\CCCCCCCCCCCCCCCCCCCCCC(=O)OC(COC(=O)CCCCCCCCCCCCCCCCCCCCCCCCCCCCCCCCCCCCCCC)COC(OCC[N+](C)(C)C)C(=O)[O-]. The van der Waals surface area contributed by atoms with Gasteiger partial charge in [-0.25, -0.2) is 0 Å². The molecule has 0 bridgehead atoms. The quantitative estimate of drug-likeness (QED) is 0.0195. The number of rotatable bonds is 79. The average molecular weight is 1310 g/mol. The van der Waals surface area contributed by atoms with Gasteiger partial charge in [-0.15, -0.1) is 0 Å². The number of hydrogen-bond acceptors (Lipinski definition) is 8. The van der Waals surface area contributed by atoms with Crippen molar-refractivity contribution in [1.29, 1.82) is 0 Å². The molecule has 93 heavy (non-hydrogen) atoms. The summed E-state index contributed by atoms with van der Waals surface area (Å²) in [6.07, 6.45) is 93.3. The standard InChI is InChI=1S/C84H161NO8/c1-6-8-10-12-14-16-18-20-22-24-26-28-30-32-34-36-38-39-40-41-42-43-45-46-48-50-52-54-56-58-60-62-64-66-68-70-72-74-81(86)91-78-80(79-92-84(83(88)89)90-77-76-85(3,4)5)93-82(87)75-73-71-69-67-65-63-61-59-57-55-53-51-49-47-44-37-35-33-31-29-27-25-23-21-19-17-15-13-11-9-7-2/h19,21,25,27,80,84H,6-18,20,22-24,26,28-79H2,1-5H3/b21-19-,27-25-. The first-order chi connectivity index (χ1) is 45.6. The molecule has 2 atom stereocenters. The number of carbonyl (C=O) groups excluding carboxylic acids is 3. The second kappa shape index (κ2) is 75.5. The van der Waals surface area contributed by atoms with Crippen LogP contribution in [0.4, 0.5) is 0 Å². The Labute approximate surface area is 579 Å². The van der Waals surface area contributed by atoms with Crippen LogP contribution in [0.25, 0.3) is 0 Å². The van der Waals surface area contributed by atoms with E-state index in [1.54, 1.807) is 0 Å². The van der Waals surface area contributed by atoms with Crippen molar-refractivity contribution in [3.63, 3.8) is 0 Å². The first kappa shape index (κ1) is 90.8. The van der Waals surface area contributed by atoms with Crippen molar-refractivity contribution in [2.24, 2.45) is 0 Å². The van der Waals surface area contributed by atoms with E-state index in [9.17, 15) is 19.5 Å². The van der Waals surface area contributed by atoms with Gasteiger partial charge in [0.15, 0.2) is 12.4 Å². The number of likely N-dealkylation sites (N-methyl/N-ethyl adjacent to an activating group) is 1. The Morgan fingerprint density at radius 1 is 0.323 bits per heavy atom. The van der Waals surface area contributed by atoms with Gasteiger partial charge >= 0.3 is 11.9 Å². The van der Waals surface area contributed by atoms with Crippen LogP contribution >= 0.6 is 0 Å². The van der Waals surface area contributed by atoms with Crippen LogP contribution < -0.4 is 5.11 Å². The molecule has 9 nitrogen and oxygen atoms in total. The van der Waals surface area contributed by atoms with Crippen LogP contribution in [0.2, 0.25) is 0 Å². The molecule has 0 spiro atoms. The van der Waals surface area contributed by atoms with Gasteiger partial charge in [0.2, 0.25) is 0 Å². The molecule has 0 radical (unpaired) electrons. The zero-order chi connectivity index (χ0) is 67.5. The Morgan fingerprint density at radius 3 is 0.849 bits per heavy atom. The second-order valence-corrected chi connectivity index (χ2v) is 29.8. The first-order valence-corrected chi connectivity index (χ1v) is 41.5. The lowest BCUT2D eigenvalue weighted by Gasteiger charge is -2.26. The van der Waals surface area contributed by atoms with Gasteiger partial charge in [0.05, 0.1) is 40.3 Å². The molecular formula is C84H161NO8. The van der Waals surface area contributed by atoms with Gasteiger partial charge < -0.3 is 33.3 Å². The van der Waals surface area contributed by atoms with E-state index in [2.05, 4.69) is 38.2 Å². The minimum absolute atomic E-state index is 0.152. The fourth-order valence-electron chi connectivity index (χ4n) is 12.9. The number of aliphatic carboxylic acids is 1. The molecule has 0 aliphatic rings. The van der Waals surface area contributed by atoms with Crippen LogP contribution in [0.15, 0.2) is 24.3 Å². The molecule has 9 heteroatoms. The number of quaternary nitrogens is 1. The molecule has 0 fully saturated rings. The second-order valence-electron chi connectivity index (χ2n) is 29.8. The third-order valence-electron chi connectivity index (χ3n) is 19.2. The summed E-state index contributed by atoms with van der Waals surface area (Å²) in [6, 6.07) is 0. The van der Waals surface area contributed by atoms with E-state index in [1.165, 1.54) is 366 Å². The van der Waals surface area contributed by atoms with Crippen molar-refractivity contribution in [3.8, 4) is 0 Å². The number of allylic oxidation sites excluding steroid dienone is 4. The van der Waals surface area contributed by atoms with Gasteiger partial charge in [0.25, 0.3) is 0 Å². The van der Waals surface area contributed by atoms with Crippen molar-refractivity contribution in [1.82, 2.24) is 0 Å². The average Bonchev–Trinajstić information content (AvgIpc) is 3.38. The molecule has 0 rings (SSSR count). The van der Waals surface area contributed by atoms with Gasteiger partial charge in [-0.1, -0.05) is 404 Å². The van der Waals surface area contributed by atoms with Gasteiger partial charge in [-0.3, -0.25) is 9.59 Å². The molecule has 0 heterocycles. The molecule has 0 N–H and O–H groups in total. The summed E-state index contributed by atoms with van der Waals surface area (Å²) < 4.78 is 22.9. The molecule has 0 saturated carbocycles. The number of nitrogens with zero attached hydrogens (tertiary/aromatic N) is 1. The van der Waals surface area contributed by atoms with Gasteiger partial charge in [-0.2, -0.15) is 0 Å². The lowest BCUT2D eigenvalue weighted by atomic mass is 10.0. The van der Waals surface area contributed by atoms with Crippen LogP contribution in [0.3, 0.4) is 0 Å². The van der Waals surface area contributed by atoms with E-state index in [4.69, 9.17) is 18.9 Å². The highest BCUT2D eigenvalue weighted by Gasteiger charge is 2.22. The largest absolute Gasteiger partial charge is 0.545 e. The molecule has 0 aromatic heterocycles. The number of carboxylic acid groups (broad SMARTS) is 1. The molecule has 0 aromatic carbocycles. The predicted octanol–water partition coefficient (Wildman–Crippen LogP) is 25.2. The highest BCUT2D eigenvalue weighted by atomic mass is 16.7. The Hall–Kier alpha value is -2.23. The summed E-state index contributed by atoms with van der Waals surface area (Å²) in [5, 5.41) is 11.9. The first-order valence-electron chi connectivity index (χ1n) is 41.5. The smallest absolute Gasteiger partial charge is 0.306 e. The predicted molar refractivity (Wildman–Crippen MR) is 399 cm³/mol. The van der Waals surface area contributed by atoms with E-state index in [-0.39, 0.29) is 32.2 Å². The van der Waals surface area contributed by atoms with Gasteiger partial charge in [0, 0.05) is 12.8 Å². The normalized spacial score (nSPS) is 12.7. The molecular weight excluding hydrogens is 1150 g/mol. The topological polar surface area (TPSA) is 111 Å². The summed E-state index contributed by atoms with van der Waals surface area (Å²) in [4.78, 5) is 37.6. The molecule has 2 unspecified atom stereocenters. The number of carboxylic acids is 1. The maximum atomic E-state index is 13.0. The zero-order valence-corrected chi connectivity index (χ0v) is 63.2. The summed E-state index contributed by atoms with van der Waals surface area (Å²) in [6.45, 7) is 4.83. The van der Waals surface area contributed by atoms with Crippen molar-refractivity contribution in [2.75, 3.05) is 47.5 Å². The minimum Gasteiger partial charge on any atom is -0.545 e. The molecule has 550 valence electrons. The zero-order valence-electron chi connectivity index (χ0n) is 63.2. The molecule has 0 aliphatic carbocycles. The number of ether oxygens (including phenoxy) is 4. The summed E-state index contributed by atoms with van der Waals surface area (Å²) >= 11 is 0. The number of unbranched alkanes of at least 4 members (excludes halogenated alkanes) is 60. The minimum atomic E-state index is -1.62. The maximum Gasteiger partial charge on any atom is 0.306 e. The van der Waals surface area contributed by atoms with E-state index in [1.807, 2.05) is 21.1 Å². The molecule has 0 saturated heterocycles. The summed E-state index contributed by atoms with van der Waals surface area (Å²) in [5.41, 5.74) is 0. The Kier molecular flexibility index (Phi) is 73.7. The fraction of sp³-hybridized carbons (Fsp3) is 0.917. The van der Waals surface area contributed by atoms with Crippen molar-refractivity contribution in [3.05, 3.63) is 24.3 Å². The van der Waals surface area contributed by atoms with E-state index in [0.717, 1.165) is 44.9 Å². The summed E-state index contributed by atoms with van der Waals surface area (Å²) in [5.74, 6) is -2.24. The Balaban J connectivity index is 3.93. The third-order valence-corrected chi connectivity index (χ3v) is 19.2. The fourth-order valence-corrected chi connectivity index (χ4v) is 12.9. The van der Waals surface area contributed by atoms with Crippen molar-refractivity contribution < 1.29 is 42.9 Å². The van der Waals surface area contributed by atoms with E-state index >= 15 is 0 Å². The van der Waals surface area contributed by atoms with E-state index < -0.39 is 24.3 Å². The van der Waals surface area contributed by atoms with Gasteiger partial charge in [0.1, 0.15) is 13.2 Å². The Bertz CT molecular complexity index is 1580. The highest BCUT2D eigenvalue weighted by molar-refractivity contribution is 5.70. The van der Waals surface area contributed by atoms with Crippen LogP contribution in [0, 0.1) is 0 Å². The van der Waals surface area contributed by atoms with Crippen LogP contribution in [0.5, 0.6) is 0 Å². The number of esters is 2. The monoisotopic (exact) mass is 1310 g/mol. The van der Waals surface area contributed by atoms with Gasteiger partial charge in [-0.05, 0) is 44.9 Å².